The lowest BCUT2D eigenvalue weighted by molar-refractivity contribution is -0.126. The first-order valence-electron chi connectivity index (χ1n) is 9.86. The highest BCUT2D eigenvalue weighted by Gasteiger charge is 2.35. The van der Waals surface area contributed by atoms with Crippen LogP contribution in [-0.4, -0.2) is 48.6 Å². The Bertz CT molecular complexity index is 931. The molecule has 31 heavy (non-hydrogen) atoms. The van der Waals surface area contributed by atoms with Gasteiger partial charge in [-0.25, -0.2) is 0 Å². The zero-order valence-corrected chi connectivity index (χ0v) is 18.6. The quantitative estimate of drug-likeness (QED) is 0.527. The van der Waals surface area contributed by atoms with Crippen molar-refractivity contribution in [3.63, 3.8) is 0 Å². The minimum absolute atomic E-state index is 0.125. The zero-order valence-electron chi connectivity index (χ0n) is 17.0. The summed E-state index contributed by atoms with van der Waals surface area (Å²) < 4.78 is 6.43. The van der Waals surface area contributed by atoms with E-state index in [-0.39, 0.29) is 43.8 Å². The Balaban J connectivity index is 1.50. The van der Waals surface area contributed by atoms with Gasteiger partial charge >= 0.3 is 0 Å². The second kappa shape index (κ2) is 10.4. The van der Waals surface area contributed by atoms with Gasteiger partial charge in [-0.3, -0.25) is 14.4 Å². The van der Waals surface area contributed by atoms with Crippen LogP contribution in [0.1, 0.15) is 13.3 Å². The molecule has 1 heterocycles. The Morgan fingerprint density at radius 3 is 2.52 bits per heavy atom. The van der Waals surface area contributed by atoms with Crippen molar-refractivity contribution in [3.05, 3.63) is 53.0 Å². The number of halogens is 1. The van der Waals surface area contributed by atoms with Crippen molar-refractivity contribution in [1.82, 2.24) is 5.32 Å². The third-order valence-electron chi connectivity index (χ3n) is 4.71. The maximum absolute atomic E-state index is 12.3. The highest BCUT2D eigenvalue weighted by atomic mass is 79.9. The molecule has 0 bridgehead atoms. The molecule has 8 nitrogen and oxygen atoms in total. The van der Waals surface area contributed by atoms with Gasteiger partial charge in [-0.05, 0) is 55.5 Å². The predicted octanol–water partition coefficient (Wildman–Crippen LogP) is 2.32. The fourth-order valence-electron chi connectivity index (χ4n) is 3.13. The van der Waals surface area contributed by atoms with Gasteiger partial charge in [-0.2, -0.15) is 0 Å². The molecule has 3 amide bonds. The maximum Gasteiger partial charge on any atom is 0.262 e. The van der Waals surface area contributed by atoms with E-state index < -0.39 is 12.0 Å². The number of aliphatic hydroxyl groups is 1. The second-order valence-electron chi connectivity index (χ2n) is 7.34. The van der Waals surface area contributed by atoms with Gasteiger partial charge in [-0.1, -0.05) is 15.9 Å². The summed E-state index contributed by atoms with van der Waals surface area (Å²) in [6.07, 6.45) is -0.512. The van der Waals surface area contributed by atoms with Gasteiger partial charge in [0, 0.05) is 35.4 Å². The summed E-state index contributed by atoms with van der Waals surface area (Å²) in [7, 11) is 0. The first kappa shape index (κ1) is 22.8. The van der Waals surface area contributed by atoms with Crippen molar-refractivity contribution in [2.45, 2.75) is 19.4 Å². The molecule has 1 fully saturated rings. The summed E-state index contributed by atoms with van der Waals surface area (Å²) >= 11 is 3.34. The number of anilines is 2. The van der Waals surface area contributed by atoms with Gasteiger partial charge < -0.3 is 25.4 Å². The van der Waals surface area contributed by atoms with Crippen LogP contribution in [0, 0.1) is 5.92 Å². The highest BCUT2D eigenvalue weighted by Crippen LogP contribution is 2.27. The lowest BCUT2D eigenvalue weighted by Crippen LogP contribution is -2.36. The first-order chi connectivity index (χ1) is 14.8. The number of rotatable bonds is 8. The Morgan fingerprint density at radius 1 is 1.19 bits per heavy atom. The van der Waals surface area contributed by atoms with Gasteiger partial charge in [0.1, 0.15) is 5.75 Å². The minimum atomic E-state index is -0.637. The lowest BCUT2D eigenvalue weighted by atomic mass is 10.1. The van der Waals surface area contributed by atoms with Crippen molar-refractivity contribution in [2.24, 2.45) is 5.92 Å². The molecule has 2 atom stereocenters. The molecular formula is C22H24BrN3O5. The van der Waals surface area contributed by atoms with Gasteiger partial charge in [0.25, 0.3) is 5.91 Å². The van der Waals surface area contributed by atoms with Gasteiger partial charge in [0.2, 0.25) is 11.8 Å². The molecule has 0 radical (unpaired) electrons. The van der Waals surface area contributed by atoms with E-state index in [1.54, 1.807) is 48.2 Å². The van der Waals surface area contributed by atoms with E-state index in [9.17, 15) is 19.5 Å². The average Bonchev–Trinajstić information content (AvgIpc) is 3.14. The standard InChI is InChI=1S/C22H24BrN3O5/c1-14(27)11-24-22(30)15-10-21(29)26(12-15)18-6-8-19(9-7-18)31-13-20(28)25-17-4-2-16(23)3-5-17/h2-9,14-15,27H,10-13H2,1H3,(H,24,30)(H,25,28)/t14-,15+/m1/s1. The summed E-state index contributed by atoms with van der Waals surface area (Å²) in [6.45, 7) is 1.87. The Labute approximate surface area is 188 Å². The van der Waals surface area contributed by atoms with E-state index in [0.717, 1.165) is 4.47 Å². The van der Waals surface area contributed by atoms with Gasteiger partial charge in [0.05, 0.1) is 12.0 Å². The summed E-state index contributed by atoms with van der Waals surface area (Å²) in [5.41, 5.74) is 1.33. The number of benzene rings is 2. The molecule has 2 aromatic rings. The molecule has 1 aliphatic heterocycles. The number of carbonyl (C=O) groups excluding carboxylic acids is 3. The van der Waals surface area contributed by atoms with E-state index in [1.165, 1.54) is 0 Å². The largest absolute Gasteiger partial charge is 0.484 e. The molecule has 3 rings (SSSR count). The van der Waals surface area contributed by atoms with E-state index in [4.69, 9.17) is 4.74 Å². The number of nitrogens with one attached hydrogen (secondary N) is 2. The number of amides is 3. The molecule has 0 spiro atoms. The third kappa shape index (κ3) is 6.53. The molecule has 2 aromatic carbocycles. The Kier molecular flexibility index (Phi) is 7.64. The van der Waals surface area contributed by atoms with Crippen LogP contribution in [0.5, 0.6) is 5.75 Å². The second-order valence-corrected chi connectivity index (χ2v) is 8.25. The highest BCUT2D eigenvalue weighted by molar-refractivity contribution is 9.10. The number of carbonyl (C=O) groups is 3. The zero-order chi connectivity index (χ0) is 22.4. The predicted molar refractivity (Wildman–Crippen MR) is 120 cm³/mol. The SMILES string of the molecule is C[C@@H](O)CNC(=O)[C@H]1CC(=O)N(c2ccc(OCC(=O)Nc3ccc(Br)cc3)cc2)C1. The van der Waals surface area contributed by atoms with Crippen LogP contribution in [0.25, 0.3) is 0 Å². The van der Waals surface area contributed by atoms with Gasteiger partial charge in [0.15, 0.2) is 6.61 Å². The number of hydrogen-bond donors (Lipinski definition) is 3. The van der Waals surface area contributed by atoms with Crippen molar-refractivity contribution in [3.8, 4) is 5.75 Å². The summed E-state index contributed by atoms with van der Waals surface area (Å²) in [5, 5.41) is 14.7. The monoisotopic (exact) mass is 489 g/mol. The van der Waals surface area contributed by atoms with E-state index >= 15 is 0 Å². The fraction of sp³-hybridized carbons (Fsp3) is 0.318. The minimum Gasteiger partial charge on any atom is -0.484 e. The van der Waals surface area contributed by atoms with Crippen LogP contribution in [0.15, 0.2) is 53.0 Å². The van der Waals surface area contributed by atoms with Crippen LogP contribution in [0.4, 0.5) is 11.4 Å². The first-order valence-corrected chi connectivity index (χ1v) is 10.7. The lowest BCUT2D eigenvalue weighted by Gasteiger charge is -2.17. The molecule has 0 unspecified atom stereocenters. The summed E-state index contributed by atoms with van der Waals surface area (Å²) in [5.74, 6) is -0.627. The van der Waals surface area contributed by atoms with E-state index in [0.29, 0.717) is 17.1 Å². The Morgan fingerprint density at radius 2 is 1.87 bits per heavy atom. The molecule has 164 valence electrons. The third-order valence-corrected chi connectivity index (χ3v) is 5.24. The molecule has 1 aliphatic rings. The molecule has 3 N–H and O–H groups in total. The number of ether oxygens (including phenoxy) is 1. The van der Waals surface area contributed by atoms with Crippen molar-refractivity contribution in [2.75, 3.05) is 29.9 Å². The van der Waals surface area contributed by atoms with Crippen LogP contribution in [0.2, 0.25) is 0 Å². The number of hydrogen-bond acceptors (Lipinski definition) is 5. The van der Waals surface area contributed by atoms with E-state index in [2.05, 4.69) is 26.6 Å². The molecule has 0 aliphatic carbocycles. The van der Waals surface area contributed by atoms with Crippen molar-refractivity contribution >= 4 is 45.0 Å². The maximum atomic E-state index is 12.3. The molecule has 1 saturated heterocycles. The Hall–Kier alpha value is -2.91. The summed E-state index contributed by atoms with van der Waals surface area (Å²) in [4.78, 5) is 38.1. The number of nitrogens with zero attached hydrogens (tertiary/aromatic N) is 1. The van der Waals surface area contributed by atoms with Crippen LogP contribution < -0.4 is 20.3 Å². The van der Waals surface area contributed by atoms with Crippen molar-refractivity contribution < 1.29 is 24.2 Å². The molecular weight excluding hydrogens is 466 g/mol. The molecule has 9 heteroatoms. The normalized spacial score (nSPS) is 16.7. The fourth-order valence-corrected chi connectivity index (χ4v) is 3.39. The van der Waals surface area contributed by atoms with Crippen LogP contribution in [0.3, 0.4) is 0 Å². The van der Waals surface area contributed by atoms with Crippen LogP contribution in [-0.2, 0) is 14.4 Å². The molecule has 0 saturated carbocycles. The van der Waals surface area contributed by atoms with E-state index in [1.807, 2.05) is 12.1 Å². The molecule has 0 aromatic heterocycles. The number of aliphatic hydroxyl groups excluding tert-OH is 1. The van der Waals surface area contributed by atoms with Gasteiger partial charge in [-0.15, -0.1) is 0 Å². The summed E-state index contributed by atoms with van der Waals surface area (Å²) in [6, 6.07) is 14.0. The van der Waals surface area contributed by atoms with Crippen LogP contribution >= 0.6 is 15.9 Å². The van der Waals surface area contributed by atoms with Crippen molar-refractivity contribution in [1.29, 1.82) is 0 Å². The average molecular weight is 490 g/mol. The smallest absolute Gasteiger partial charge is 0.262 e. The topological polar surface area (TPSA) is 108 Å².